The summed E-state index contributed by atoms with van der Waals surface area (Å²) in [6, 6.07) is 9.63. The molecule has 0 saturated heterocycles. The van der Waals surface area contributed by atoms with Crippen molar-refractivity contribution in [3.8, 4) is 11.5 Å². The SMILES string of the molecule is CCN(CC(=O)N(C)Cc1ccc(C)o1)Cc1ccc(OC)c(OC)c1. The number of methoxy groups -OCH3 is 2. The number of carbonyl (C=O) groups is 1. The molecular formula is C20H28N2O4. The van der Waals surface area contributed by atoms with Gasteiger partial charge in [-0.15, -0.1) is 0 Å². The highest BCUT2D eigenvalue weighted by atomic mass is 16.5. The number of rotatable bonds is 9. The largest absolute Gasteiger partial charge is 0.493 e. The van der Waals surface area contributed by atoms with Crippen LogP contribution in [0.15, 0.2) is 34.7 Å². The molecule has 142 valence electrons. The second-order valence-corrected chi connectivity index (χ2v) is 6.25. The molecule has 1 aromatic heterocycles. The molecule has 0 aliphatic heterocycles. The van der Waals surface area contributed by atoms with Crippen molar-refractivity contribution in [3.63, 3.8) is 0 Å². The first-order chi connectivity index (χ1) is 12.5. The smallest absolute Gasteiger partial charge is 0.236 e. The number of likely N-dealkylation sites (N-methyl/N-ethyl adjacent to an activating group) is 2. The molecule has 1 heterocycles. The van der Waals surface area contributed by atoms with Crippen LogP contribution in [-0.2, 0) is 17.9 Å². The zero-order valence-electron chi connectivity index (χ0n) is 16.2. The minimum absolute atomic E-state index is 0.0568. The van der Waals surface area contributed by atoms with Crippen molar-refractivity contribution in [1.29, 1.82) is 0 Å². The number of benzene rings is 1. The maximum atomic E-state index is 12.5. The first kappa shape index (κ1) is 19.8. The number of ether oxygens (including phenoxy) is 2. The molecule has 6 nitrogen and oxygen atoms in total. The van der Waals surface area contributed by atoms with Crippen molar-refractivity contribution in [2.24, 2.45) is 0 Å². The number of amides is 1. The van der Waals surface area contributed by atoms with Gasteiger partial charge in [0.1, 0.15) is 11.5 Å². The van der Waals surface area contributed by atoms with E-state index >= 15 is 0 Å². The van der Waals surface area contributed by atoms with Crippen LogP contribution < -0.4 is 9.47 Å². The molecule has 26 heavy (non-hydrogen) atoms. The Morgan fingerprint density at radius 3 is 2.38 bits per heavy atom. The third-order valence-corrected chi connectivity index (χ3v) is 4.27. The molecule has 0 N–H and O–H groups in total. The fourth-order valence-corrected chi connectivity index (χ4v) is 2.72. The van der Waals surface area contributed by atoms with E-state index in [0.717, 1.165) is 23.6 Å². The molecule has 0 fully saturated rings. The molecule has 2 aromatic rings. The van der Waals surface area contributed by atoms with Gasteiger partial charge in [0.05, 0.1) is 27.3 Å². The van der Waals surface area contributed by atoms with Crippen molar-refractivity contribution < 1.29 is 18.7 Å². The lowest BCUT2D eigenvalue weighted by molar-refractivity contribution is -0.132. The standard InChI is InChI=1S/C20H28N2O4/c1-6-22(12-16-8-10-18(24-4)19(11-16)25-5)14-20(23)21(3)13-17-9-7-15(2)26-17/h7-11H,6,12-14H2,1-5H3. The summed E-state index contributed by atoms with van der Waals surface area (Å²) in [5, 5.41) is 0. The molecule has 1 amide bonds. The van der Waals surface area contributed by atoms with Crippen molar-refractivity contribution in [2.75, 3.05) is 34.4 Å². The third kappa shape index (κ3) is 5.26. The molecule has 1 aromatic carbocycles. The van der Waals surface area contributed by atoms with E-state index in [1.807, 2.05) is 44.2 Å². The Balaban J connectivity index is 1.96. The van der Waals surface area contributed by atoms with Crippen LogP contribution in [0.25, 0.3) is 0 Å². The molecule has 0 unspecified atom stereocenters. The summed E-state index contributed by atoms with van der Waals surface area (Å²) in [5.74, 6) is 3.09. The minimum atomic E-state index is 0.0568. The van der Waals surface area contributed by atoms with Gasteiger partial charge in [0.2, 0.25) is 5.91 Å². The van der Waals surface area contributed by atoms with Gasteiger partial charge in [0, 0.05) is 13.6 Å². The average molecular weight is 360 g/mol. The van der Waals surface area contributed by atoms with Gasteiger partial charge in [-0.3, -0.25) is 9.69 Å². The summed E-state index contributed by atoms with van der Waals surface area (Å²) in [4.78, 5) is 16.3. The quantitative estimate of drug-likeness (QED) is 0.688. The second kappa shape index (κ2) is 9.29. The molecule has 0 bridgehead atoms. The van der Waals surface area contributed by atoms with Crippen LogP contribution in [-0.4, -0.2) is 50.1 Å². The number of carbonyl (C=O) groups excluding carboxylic acids is 1. The van der Waals surface area contributed by atoms with Crippen molar-refractivity contribution >= 4 is 5.91 Å². The monoisotopic (exact) mass is 360 g/mol. The van der Waals surface area contributed by atoms with Crippen LogP contribution in [0.1, 0.15) is 24.0 Å². The van der Waals surface area contributed by atoms with E-state index in [1.165, 1.54) is 0 Å². The van der Waals surface area contributed by atoms with E-state index < -0.39 is 0 Å². The fourth-order valence-electron chi connectivity index (χ4n) is 2.72. The zero-order valence-corrected chi connectivity index (χ0v) is 16.2. The summed E-state index contributed by atoms with van der Waals surface area (Å²) < 4.78 is 16.2. The van der Waals surface area contributed by atoms with Crippen LogP contribution in [0.2, 0.25) is 0 Å². The number of hydrogen-bond donors (Lipinski definition) is 0. The summed E-state index contributed by atoms with van der Waals surface area (Å²) >= 11 is 0. The topological polar surface area (TPSA) is 55.2 Å². The van der Waals surface area contributed by atoms with Gasteiger partial charge in [0.15, 0.2) is 11.5 Å². The van der Waals surface area contributed by atoms with Gasteiger partial charge in [0.25, 0.3) is 0 Å². The highest BCUT2D eigenvalue weighted by molar-refractivity contribution is 5.77. The van der Waals surface area contributed by atoms with E-state index in [4.69, 9.17) is 13.9 Å². The van der Waals surface area contributed by atoms with E-state index in [0.29, 0.717) is 31.1 Å². The van der Waals surface area contributed by atoms with Crippen LogP contribution in [0.4, 0.5) is 0 Å². The Bertz CT molecular complexity index is 726. The van der Waals surface area contributed by atoms with Crippen LogP contribution in [0.3, 0.4) is 0 Å². The van der Waals surface area contributed by atoms with E-state index in [2.05, 4.69) is 4.90 Å². The van der Waals surface area contributed by atoms with E-state index in [-0.39, 0.29) is 5.91 Å². The van der Waals surface area contributed by atoms with Crippen molar-refractivity contribution in [2.45, 2.75) is 26.9 Å². The second-order valence-electron chi connectivity index (χ2n) is 6.25. The molecular weight excluding hydrogens is 332 g/mol. The summed E-state index contributed by atoms with van der Waals surface area (Å²) in [5.41, 5.74) is 1.07. The molecule has 0 atom stereocenters. The van der Waals surface area contributed by atoms with Crippen molar-refractivity contribution in [1.82, 2.24) is 9.80 Å². The predicted molar refractivity (Wildman–Crippen MR) is 100 cm³/mol. The van der Waals surface area contributed by atoms with Crippen LogP contribution in [0.5, 0.6) is 11.5 Å². The van der Waals surface area contributed by atoms with E-state index in [1.54, 1.807) is 26.2 Å². The zero-order chi connectivity index (χ0) is 19.1. The first-order valence-electron chi connectivity index (χ1n) is 8.69. The minimum Gasteiger partial charge on any atom is -0.493 e. The first-order valence-corrected chi connectivity index (χ1v) is 8.69. The molecule has 0 aliphatic carbocycles. The lowest BCUT2D eigenvalue weighted by atomic mass is 10.2. The van der Waals surface area contributed by atoms with Gasteiger partial charge >= 0.3 is 0 Å². The maximum Gasteiger partial charge on any atom is 0.236 e. The van der Waals surface area contributed by atoms with E-state index in [9.17, 15) is 4.79 Å². The molecule has 2 rings (SSSR count). The molecule has 6 heteroatoms. The number of aryl methyl sites for hydroxylation is 1. The average Bonchev–Trinajstić information content (AvgIpc) is 3.05. The van der Waals surface area contributed by atoms with Gasteiger partial charge < -0.3 is 18.8 Å². The Morgan fingerprint density at radius 2 is 1.81 bits per heavy atom. The Labute approximate surface area is 155 Å². The number of furan rings is 1. The van der Waals surface area contributed by atoms with Gasteiger partial charge in [-0.2, -0.15) is 0 Å². The van der Waals surface area contributed by atoms with Crippen molar-refractivity contribution in [3.05, 3.63) is 47.4 Å². The lowest BCUT2D eigenvalue weighted by Gasteiger charge is -2.24. The molecule has 0 aliphatic rings. The third-order valence-electron chi connectivity index (χ3n) is 4.27. The Hall–Kier alpha value is -2.47. The van der Waals surface area contributed by atoms with Gasteiger partial charge in [-0.1, -0.05) is 13.0 Å². The highest BCUT2D eigenvalue weighted by Gasteiger charge is 2.16. The highest BCUT2D eigenvalue weighted by Crippen LogP contribution is 2.28. The van der Waals surface area contributed by atoms with Crippen LogP contribution >= 0.6 is 0 Å². The predicted octanol–water partition coefficient (Wildman–Crippen LogP) is 3.09. The normalized spacial score (nSPS) is 10.8. The molecule has 0 saturated carbocycles. The Morgan fingerprint density at radius 1 is 1.08 bits per heavy atom. The van der Waals surface area contributed by atoms with Crippen LogP contribution in [0, 0.1) is 6.92 Å². The number of hydrogen-bond acceptors (Lipinski definition) is 5. The molecule has 0 spiro atoms. The summed E-state index contributed by atoms with van der Waals surface area (Å²) in [6.45, 7) is 6.20. The Kier molecular flexibility index (Phi) is 7.09. The summed E-state index contributed by atoms with van der Waals surface area (Å²) in [6.07, 6.45) is 0. The van der Waals surface area contributed by atoms with Gasteiger partial charge in [-0.25, -0.2) is 0 Å². The molecule has 0 radical (unpaired) electrons. The summed E-state index contributed by atoms with van der Waals surface area (Å²) in [7, 11) is 5.03. The van der Waals surface area contributed by atoms with Gasteiger partial charge in [-0.05, 0) is 43.3 Å². The maximum absolute atomic E-state index is 12.5. The number of nitrogens with zero attached hydrogens (tertiary/aromatic N) is 2. The fraction of sp³-hybridized carbons (Fsp3) is 0.450. The lowest BCUT2D eigenvalue weighted by Crippen LogP contribution is -2.37.